The first-order valence-electron chi connectivity index (χ1n) is 10.3. The van der Waals surface area contributed by atoms with E-state index in [-0.39, 0.29) is 43.5 Å². The van der Waals surface area contributed by atoms with Gasteiger partial charge in [0, 0.05) is 32.7 Å². The summed E-state index contributed by atoms with van der Waals surface area (Å²) in [4.78, 5) is 14.4. The van der Waals surface area contributed by atoms with Gasteiger partial charge in [0.2, 0.25) is 26.0 Å². The minimum atomic E-state index is -4.02. The van der Waals surface area contributed by atoms with Crippen LogP contribution in [0.4, 0.5) is 4.39 Å². The third-order valence-electron chi connectivity index (χ3n) is 5.84. The van der Waals surface area contributed by atoms with Crippen molar-refractivity contribution in [3.05, 3.63) is 60.4 Å². The molecular formula is C21H24FN3O5S2. The molecule has 0 bridgehead atoms. The fraction of sp³-hybridized carbons (Fsp3) is 0.381. The Kier molecular flexibility index (Phi) is 6.35. The lowest BCUT2D eigenvalue weighted by atomic mass is 10.2. The summed E-state index contributed by atoms with van der Waals surface area (Å²) in [6.45, 7) is 0.515. The van der Waals surface area contributed by atoms with E-state index in [0.29, 0.717) is 12.8 Å². The summed E-state index contributed by atoms with van der Waals surface area (Å²) in [5.41, 5.74) is 0. The molecule has 2 aliphatic heterocycles. The quantitative estimate of drug-likeness (QED) is 0.645. The van der Waals surface area contributed by atoms with Gasteiger partial charge in [0.05, 0.1) is 4.90 Å². The summed E-state index contributed by atoms with van der Waals surface area (Å²) in [5.74, 6) is -1.15. The summed E-state index contributed by atoms with van der Waals surface area (Å²) in [6.07, 6.45) is 0.989. The number of halogens is 1. The number of benzene rings is 2. The van der Waals surface area contributed by atoms with Crippen molar-refractivity contribution in [2.45, 2.75) is 28.7 Å². The fourth-order valence-electron chi connectivity index (χ4n) is 4.16. The number of amides is 1. The third kappa shape index (κ3) is 4.17. The molecule has 0 spiro atoms. The largest absolute Gasteiger partial charge is 0.339 e. The van der Waals surface area contributed by atoms with E-state index in [1.54, 1.807) is 18.2 Å². The number of carbonyl (C=O) groups is 1. The van der Waals surface area contributed by atoms with Crippen LogP contribution in [-0.4, -0.2) is 75.0 Å². The predicted molar refractivity (Wildman–Crippen MR) is 115 cm³/mol. The van der Waals surface area contributed by atoms with Gasteiger partial charge in [-0.1, -0.05) is 30.3 Å². The molecule has 11 heteroatoms. The molecule has 0 aromatic heterocycles. The Labute approximate surface area is 187 Å². The van der Waals surface area contributed by atoms with Crippen LogP contribution in [0, 0.1) is 5.82 Å². The Bertz CT molecular complexity index is 1200. The molecule has 32 heavy (non-hydrogen) atoms. The van der Waals surface area contributed by atoms with Crippen LogP contribution in [0.3, 0.4) is 0 Å². The minimum absolute atomic E-state index is 0.0144. The lowest BCUT2D eigenvalue weighted by Crippen LogP contribution is -2.55. The van der Waals surface area contributed by atoms with Crippen LogP contribution < -0.4 is 0 Å². The van der Waals surface area contributed by atoms with E-state index in [9.17, 15) is 26.0 Å². The van der Waals surface area contributed by atoms with Gasteiger partial charge in [-0.3, -0.25) is 4.79 Å². The molecule has 0 N–H and O–H groups in total. The third-order valence-corrected chi connectivity index (χ3v) is 9.70. The van der Waals surface area contributed by atoms with Gasteiger partial charge in [0.25, 0.3) is 0 Å². The van der Waals surface area contributed by atoms with Crippen molar-refractivity contribution < 1.29 is 26.0 Å². The Morgan fingerprint density at radius 3 is 2.09 bits per heavy atom. The topological polar surface area (TPSA) is 95.1 Å². The normalized spacial score (nSPS) is 21.0. The molecule has 2 fully saturated rings. The highest BCUT2D eigenvalue weighted by Gasteiger charge is 2.42. The van der Waals surface area contributed by atoms with Crippen LogP contribution in [0.15, 0.2) is 64.4 Å². The van der Waals surface area contributed by atoms with Crippen LogP contribution in [0.2, 0.25) is 0 Å². The molecule has 8 nitrogen and oxygen atoms in total. The predicted octanol–water partition coefficient (Wildman–Crippen LogP) is 1.51. The molecule has 0 saturated carbocycles. The van der Waals surface area contributed by atoms with E-state index in [1.165, 1.54) is 39.5 Å². The van der Waals surface area contributed by atoms with Gasteiger partial charge < -0.3 is 4.90 Å². The number of piperazine rings is 1. The standard InChI is InChI=1S/C21H24FN3O5S2/c22-18-9-4-5-11-20(18)32(29,30)24-15-13-23(14-16-24)21(26)19-10-6-12-25(19)31(27,28)17-7-2-1-3-8-17/h1-5,7-9,11,19H,6,10,12-16H2. The van der Waals surface area contributed by atoms with Crippen molar-refractivity contribution in [2.75, 3.05) is 32.7 Å². The molecule has 0 radical (unpaired) electrons. The van der Waals surface area contributed by atoms with E-state index < -0.39 is 36.8 Å². The molecule has 2 heterocycles. The van der Waals surface area contributed by atoms with Gasteiger partial charge in [0.15, 0.2) is 0 Å². The van der Waals surface area contributed by atoms with Gasteiger partial charge in [-0.2, -0.15) is 8.61 Å². The zero-order valence-corrected chi connectivity index (χ0v) is 18.9. The second kappa shape index (κ2) is 8.89. The average Bonchev–Trinajstić information content (AvgIpc) is 3.30. The van der Waals surface area contributed by atoms with Crippen molar-refractivity contribution in [3.63, 3.8) is 0 Å². The highest BCUT2D eigenvalue weighted by atomic mass is 32.2. The monoisotopic (exact) mass is 481 g/mol. The second-order valence-electron chi connectivity index (χ2n) is 7.75. The Hall–Kier alpha value is -2.34. The van der Waals surface area contributed by atoms with Crippen LogP contribution in [-0.2, 0) is 24.8 Å². The van der Waals surface area contributed by atoms with E-state index in [1.807, 2.05) is 0 Å². The zero-order valence-electron chi connectivity index (χ0n) is 17.3. The number of hydrogen-bond donors (Lipinski definition) is 0. The van der Waals surface area contributed by atoms with E-state index in [2.05, 4.69) is 0 Å². The zero-order chi connectivity index (χ0) is 22.9. The van der Waals surface area contributed by atoms with Crippen molar-refractivity contribution in [2.24, 2.45) is 0 Å². The lowest BCUT2D eigenvalue weighted by molar-refractivity contribution is -0.135. The Morgan fingerprint density at radius 1 is 0.812 bits per heavy atom. The van der Waals surface area contributed by atoms with Crippen molar-refractivity contribution >= 4 is 26.0 Å². The van der Waals surface area contributed by atoms with E-state index >= 15 is 0 Å². The van der Waals surface area contributed by atoms with Gasteiger partial charge >= 0.3 is 0 Å². The summed E-state index contributed by atoms with van der Waals surface area (Å²) < 4.78 is 68.0. The van der Waals surface area contributed by atoms with Crippen molar-refractivity contribution in [1.29, 1.82) is 0 Å². The van der Waals surface area contributed by atoms with Crippen molar-refractivity contribution in [3.8, 4) is 0 Å². The number of rotatable bonds is 5. The molecule has 2 aromatic carbocycles. The summed E-state index contributed by atoms with van der Waals surface area (Å²) in [6, 6.07) is 12.4. The summed E-state index contributed by atoms with van der Waals surface area (Å²) in [5, 5.41) is 0. The number of carbonyl (C=O) groups excluding carboxylic acids is 1. The van der Waals surface area contributed by atoms with Gasteiger partial charge in [-0.25, -0.2) is 21.2 Å². The maximum absolute atomic E-state index is 14.0. The maximum atomic E-state index is 14.0. The first-order valence-corrected chi connectivity index (χ1v) is 13.2. The molecule has 1 amide bonds. The van der Waals surface area contributed by atoms with E-state index in [0.717, 1.165) is 10.4 Å². The maximum Gasteiger partial charge on any atom is 0.246 e. The highest BCUT2D eigenvalue weighted by Crippen LogP contribution is 2.28. The molecule has 4 rings (SSSR count). The molecular weight excluding hydrogens is 457 g/mol. The molecule has 0 aliphatic carbocycles. The van der Waals surface area contributed by atoms with Crippen LogP contribution in [0.1, 0.15) is 12.8 Å². The Balaban J connectivity index is 1.46. The van der Waals surface area contributed by atoms with Gasteiger partial charge in [0.1, 0.15) is 16.8 Å². The first-order chi connectivity index (χ1) is 15.2. The smallest absolute Gasteiger partial charge is 0.246 e. The molecule has 2 aromatic rings. The average molecular weight is 482 g/mol. The molecule has 2 aliphatic rings. The molecule has 172 valence electrons. The SMILES string of the molecule is O=C(C1CCCN1S(=O)(=O)c1ccccc1)N1CCN(S(=O)(=O)c2ccccc2F)CC1. The fourth-order valence-corrected chi connectivity index (χ4v) is 7.31. The first kappa shape index (κ1) is 22.8. The van der Waals surface area contributed by atoms with E-state index in [4.69, 9.17) is 0 Å². The highest BCUT2D eigenvalue weighted by molar-refractivity contribution is 7.89. The van der Waals surface area contributed by atoms with Crippen LogP contribution in [0.5, 0.6) is 0 Å². The van der Waals surface area contributed by atoms with Crippen LogP contribution >= 0.6 is 0 Å². The summed E-state index contributed by atoms with van der Waals surface area (Å²) in [7, 11) is -7.83. The van der Waals surface area contributed by atoms with Gasteiger partial charge in [-0.15, -0.1) is 0 Å². The number of nitrogens with zero attached hydrogens (tertiary/aromatic N) is 3. The molecule has 1 unspecified atom stereocenters. The minimum Gasteiger partial charge on any atom is -0.339 e. The second-order valence-corrected chi connectivity index (χ2v) is 11.5. The summed E-state index contributed by atoms with van der Waals surface area (Å²) >= 11 is 0. The lowest BCUT2D eigenvalue weighted by Gasteiger charge is -2.36. The number of hydrogen-bond acceptors (Lipinski definition) is 5. The van der Waals surface area contributed by atoms with Gasteiger partial charge in [-0.05, 0) is 37.1 Å². The Morgan fingerprint density at radius 2 is 1.44 bits per heavy atom. The molecule has 1 atom stereocenters. The number of sulfonamides is 2. The van der Waals surface area contributed by atoms with Crippen LogP contribution in [0.25, 0.3) is 0 Å². The molecule has 2 saturated heterocycles. The van der Waals surface area contributed by atoms with Crippen molar-refractivity contribution in [1.82, 2.24) is 13.5 Å².